The molecule has 1 aromatic rings. The second-order valence-electron chi connectivity index (χ2n) is 3.08. The number of nitrogen functional groups attached to an aromatic ring is 1. The van der Waals surface area contributed by atoms with Gasteiger partial charge in [-0.05, 0) is 24.6 Å². The summed E-state index contributed by atoms with van der Waals surface area (Å²) in [7, 11) is 0. The van der Waals surface area contributed by atoms with Crippen molar-refractivity contribution in [2.45, 2.75) is 13.3 Å². The van der Waals surface area contributed by atoms with Crippen molar-refractivity contribution >= 4 is 17.4 Å². The average Bonchev–Trinajstić information content (AvgIpc) is 2.01. The molecular formula is C10H11NO3. The summed E-state index contributed by atoms with van der Waals surface area (Å²) in [5.41, 5.74) is 7.13. The normalized spacial score (nSPS) is 9.79. The molecule has 0 spiro atoms. The summed E-state index contributed by atoms with van der Waals surface area (Å²) in [5.74, 6) is -1.61. The van der Waals surface area contributed by atoms with Crippen LogP contribution < -0.4 is 5.73 Å². The fourth-order valence-corrected chi connectivity index (χ4v) is 1.17. The van der Waals surface area contributed by atoms with Crippen molar-refractivity contribution in [3.63, 3.8) is 0 Å². The highest BCUT2D eigenvalue weighted by atomic mass is 16.4. The van der Waals surface area contributed by atoms with Crippen molar-refractivity contribution in [3.05, 3.63) is 29.3 Å². The van der Waals surface area contributed by atoms with E-state index in [-0.39, 0.29) is 5.56 Å². The number of carboxylic acid groups (broad SMARTS) is 1. The molecule has 1 rings (SSSR count). The van der Waals surface area contributed by atoms with Gasteiger partial charge < -0.3 is 10.8 Å². The summed E-state index contributed by atoms with van der Waals surface area (Å²) in [6.45, 7) is 1.85. The summed E-state index contributed by atoms with van der Waals surface area (Å²) in [6, 6.07) is 4.93. The van der Waals surface area contributed by atoms with E-state index in [4.69, 9.17) is 10.8 Å². The minimum Gasteiger partial charge on any atom is -0.481 e. The number of ketones is 1. The molecule has 0 aromatic heterocycles. The van der Waals surface area contributed by atoms with Crippen LogP contribution >= 0.6 is 0 Å². The molecule has 4 nitrogen and oxygen atoms in total. The first-order valence-corrected chi connectivity index (χ1v) is 4.12. The molecule has 0 atom stereocenters. The van der Waals surface area contributed by atoms with Crippen LogP contribution in [0.25, 0.3) is 0 Å². The highest BCUT2D eigenvalue weighted by Gasteiger charge is 2.12. The molecule has 0 aliphatic rings. The number of carbonyl (C=O) groups is 2. The molecule has 3 N–H and O–H groups in total. The average molecular weight is 193 g/mol. The van der Waals surface area contributed by atoms with Gasteiger partial charge in [-0.1, -0.05) is 6.07 Å². The number of aliphatic carboxylic acids is 1. The number of hydrogen-bond acceptors (Lipinski definition) is 3. The fraction of sp³-hybridized carbons (Fsp3) is 0.200. The predicted octanol–water partition coefficient (Wildman–Crippen LogP) is 1.23. The van der Waals surface area contributed by atoms with Crippen LogP contribution in [0.15, 0.2) is 18.2 Å². The monoisotopic (exact) mass is 193 g/mol. The Labute approximate surface area is 81.3 Å². The molecule has 74 valence electrons. The Balaban J connectivity index is 2.96. The second kappa shape index (κ2) is 3.91. The lowest BCUT2D eigenvalue weighted by Gasteiger charge is -2.03. The number of anilines is 1. The van der Waals surface area contributed by atoms with Crippen molar-refractivity contribution in [1.82, 2.24) is 0 Å². The zero-order chi connectivity index (χ0) is 10.7. The van der Waals surface area contributed by atoms with Crippen LogP contribution in [0.5, 0.6) is 0 Å². The smallest absolute Gasteiger partial charge is 0.311 e. The van der Waals surface area contributed by atoms with E-state index in [1.54, 1.807) is 18.2 Å². The minimum absolute atomic E-state index is 0.276. The number of carboxylic acids is 1. The highest BCUT2D eigenvalue weighted by molar-refractivity contribution is 6.08. The molecule has 0 heterocycles. The van der Waals surface area contributed by atoms with Crippen molar-refractivity contribution < 1.29 is 14.7 Å². The Morgan fingerprint density at radius 1 is 1.43 bits per heavy atom. The van der Waals surface area contributed by atoms with Crippen LogP contribution in [0.2, 0.25) is 0 Å². The standard InChI is InChI=1S/C10H11NO3/c1-6-2-3-7(8(11)4-6)9(12)5-10(13)14/h2-4H,5,11H2,1H3,(H,13,14). The fourth-order valence-electron chi connectivity index (χ4n) is 1.17. The maximum atomic E-state index is 11.3. The van der Waals surface area contributed by atoms with Crippen molar-refractivity contribution in [3.8, 4) is 0 Å². The maximum Gasteiger partial charge on any atom is 0.311 e. The van der Waals surface area contributed by atoms with Crippen LogP contribution in [-0.2, 0) is 4.79 Å². The molecule has 0 saturated heterocycles. The number of nitrogens with two attached hydrogens (primary N) is 1. The molecule has 0 unspecified atom stereocenters. The third kappa shape index (κ3) is 2.32. The first-order chi connectivity index (χ1) is 6.50. The predicted molar refractivity (Wildman–Crippen MR) is 52.2 cm³/mol. The third-order valence-corrected chi connectivity index (χ3v) is 1.82. The molecule has 0 aliphatic carbocycles. The van der Waals surface area contributed by atoms with E-state index in [2.05, 4.69) is 0 Å². The molecule has 0 fully saturated rings. The SMILES string of the molecule is Cc1ccc(C(=O)CC(=O)O)c(N)c1. The number of benzene rings is 1. The molecular weight excluding hydrogens is 182 g/mol. The Hall–Kier alpha value is -1.84. The lowest BCUT2D eigenvalue weighted by Crippen LogP contribution is -2.09. The summed E-state index contributed by atoms with van der Waals surface area (Å²) in [6.07, 6.45) is -0.521. The molecule has 14 heavy (non-hydrogen) atoms. The molecule has 4 heteroatoms. The van der Waals surface area contributed by atoms with E-state index in [9.17, 15) is 9.59 Å². The van der Waals surface area contributed by atoms with Crippen molar-refractivity contribution in [2.75, 3.05) is 5.73 Å². The van der Waals surface area contributed by atoms with E-state index in [1.165, 1.54) is 0 Å². The van der Waals surface area contributed by atoms with Gasteiger partial charge in [0.25, 0.3) is 0 Å². The number of hydrogen-bond donors (Lipinski definition) is 2. The van der Waals surface area contributed by atoms with Gasteiger partial charge in [0.2, 0.25) is 0 Å². The third-order valence-electron chi connectivity index (χ3n) is 1.82. The Morgan fingerprint density at radius 2 is 2.07 bits per heavy atom. The Bertz CT molecular complexity index is 385. The van der Waals surface area contributed by atoms with Gasteiger partial charge in [0.15, 0.2) is 5.78 Å². The van der Waals surface area contributed by atoms with Gasteiger partial charge in [-0.3, -0.25) is 9.59 Å². The van der Waals surface area contributed by atoms with Gasteiger partial charge in [0.05, 0.1) is 0 Å². The number of rotatable bonds is 3. The van der Waals surface area contributed by atoms with E-state index in [0.717, 1.165) is 5.56 Å². The molecule has 0 radical (unpaired) electrons. The van der Waals surface area contributed by atoms with E-state index < -0.39 is 18.2 Å². The molecule has 1 aromatic carbocycles. The topological polar surface area (TPSA) is 80.4 Å². The maximum absolute atomic E-state index is 11.3. The number of carbonyl (C=O) groups excluding carboxylic acids is 1. The van der Waals surface area contributed by atoms with E-state index in [1.807, 2.05) is 6.92 Å². The highest BCUT2D eigenvalue weighted by Crippen LogP contribution is 2.15. The summed E-state index contributed by atoms with van der Waals surface area (Å²) in [4.78, 5) is 21.6. The largest absolute Gasteiger partial charge is 0.481 e. The van der Waals surface area contributed by atoms with Gasteiger partial charge in [0, 0.05) is 11.3 Å². The summed E-state index contributed by atoms with van der Waals surface area (Å²) in [5, 5.41) is 8.43. The lowest BCUT2D eigenvalue weighted by molar-refractivity contribution is -0.135. The molecule has 0 saturated carbocycles. The van der Waals surface area contributed by atoms with E-state index >= 15 is 0 Å². The van der Waals surface area contributed by atoms with E-state index in [0.29, 0.717) is 5.69 Å². The zero-order valence-electron chi connectivity index (χ0n) is 7.78. The minimum atomic E-state index is -1.14. The van der Waals surface area contributed by atoms with Crippen molar-refractivity contribution in [1.29, 1.82) is 0 Å². The zero-order valence-corrected chi connectivity index (χ0v) is 7.78. The van der Waals surface area contributed by atoms with Crippen LogP contribution in [0, 0.1) is 6.92 Å². The second-order valence-corrected chi connectivity index (χ2v) is 3.08. The number of Topliss-reactive ketones (excluding diaryl/α,β-unsaturated/α-hetero) is 1. The van der Waals surface area contributed by atoms with Gasteiger partial charge in [-0.15, -0.1) is 0 Å². The van der Waals surface area contributed by atoms with Gasteiger partial charge in [-0.25, -0.2) is 0 Å². The van der Waals surface area contributed by atoms with Gasteiger partial charge in [0.1, 0.15) is 6.42 Å². The molecule has 0 aliphatic heterocycles. The summed E-state index contributed by atoms with van der Waals surface area (Å²) >= 11 is 0. The Morgan fingerprint density at radius 3 is 2.57 bits per heavy atom. The summed E-state index contributed by atoms with van der Waals surface area (Å²) < 4.78 is 0. The van der Waals surface area contributed by atoms with Gasteiger partial charge in [-0.2, -0.15) is 0 Å². The Kier molecular flexibility index (Phi) is 2.86. The lowest BCUT2D eigenvalue weighted by atomic mass is 10.0. The van der Waals surface area contributed by atoms with Crippen LogP contribution in [0.1, 0.15) is 22.3 Å². The van der Waals surface area contributed by atoms with Crippen molar-refractivity contribution in [2.24, 2.45) is 0 Å². The van der Waals surface area contributed by atoms with Crippen LogP contribution in [-0.4, -0.2) is 16.9 Å². The quantitative estimate of drug-likeness (QED) is 0.430. The molecule has 0 amide bonds. The number of aryl methyl sites for hydroxylation is 1. The molecule has 0 bridgehead atoms. The first-order valence-electron chi connectivity index (χ1n) is 4.12. The first kappa shape index (κ1) is 10.2. The van der Waals surface area contributed by atoms with Crippen LogP contribution in [0.3, 0.4) is 0 Å². The van der Waals surface area contributed by atoms with Crippen LogP contribution in [0.4, 0.5) is 5.69 Å². The van der Waals surface area contributed by atoms with Gasteiger partial charge >= 0.3 is 5.97 Å².